The Kier molecular flexibility index (Phi) is 3.09. The number of benzene rings is 1. The minimum Gasteiger partial charge on any atom is -0.496 e. The molecule has 0 bridgehead atoms. The first-order valence-corrected chi connectivity index (χ1v) is 5.88. The number of carbonyl (C=O) groups is 1. The van der Waals surface area contributed by atoms with Crippen LogP contribution in [-0.2, 0) is 11.2 Å². The molecule has 3 heteroatoms. The number of methoxy groups -OCH3 is 1. The van der Waals surface area contributed by atoms with Gasteiger partial charge < -0.3 is 14.3 Å². The van der Waals surface area contributed by atoms with Crippen LogP contribution in [0.15, 0.2) is 12.1 Å². The van der Waals surface area contributed by atoms with Crippen LogP contribution in [0.25, 0.3) is 0 Å². The number of fused-ring (bicyclic) bond motifs is 1. The standard InChI is InChI=1S/C14H18O3/c1-10-8-12(16-3)11-4-5-14(2,6-7-15)17-13(11)9-10/h7-9H,4-6H2,1-3H3/t14-/m1/s1. The monoisotopic (exact) mass is 234 g/mol. The van der Waals surface area contributed by atoms with Gasteiger partial charge >= 0.3 is 0 Å². The van der Waals surface area contributed by atoms with Crippen molar-refractivity contribution >= 4 is 6.29 Å². The second-order valence-electron chi connectivity index (χ2n) is 4.87. The minimum absolute atomic E-state index is 0.368. The van der Waals surface area contributed by atoms with Gasteiger partial charge in [-0.2, -0.15) is 0 Å². The number of hydrogen-bond donors (Lipinski definition) is 0. The van der Waals surface area contributed by atoms with Crippen molar-refractivity contribution in [1.82, 2.24) is 0 Å². The first-order chi connectivity index (χ1) is 8.08. The number of carbonyl (C=O) groups excluding carboxylic acids is 1. The number of aryl methyl sites for hydroxylation is 1. The zero-order chi connectivity index (χ0) is 12.5. The molecule has 17 heavy (non-hydrogen) atoms. The molecule has 2 rings (SSSR count). The fourth-order valence-corrected chi connectivity index (χ4v) is 2.30. The summed E-state index contributed by atoms with van der Waals surface area (Å²) in [5.41, 5.74) is 1.85. The van der Waals surface area contributed by atoms with Gasteiger partial charge in [-0.3, -0.25) is 0 Å². The van der Waals surface area contributed by atoms with E-state index < -0.39 is 0 Å². The summed E-state index contributed by atoms with van der Waals surface area (Å²) in [6, 6.07) is 4.03. The lowest BCUT2D eigenvalue weighted by Crippen LogP contribution is -2.36. The molecule has 1 aromatic rings. The maximum Gasteiger partial charge on any atom is 0.127 e. The van der Waals surface area contributed by atoms with E-state index in [9.17, 15) is 4.79 Å². The number of aldehydes is 1. The van der Waals surface area contributed by atoms with Crippen molar-refractivity contribution in [1.29, 1.82) is 0 Å². The molecule has 0 fully saturated rings. The lowest BCUT2D eigenvalue weighted by molar-refractivity contribution is -0.111. The van der Waals surface area contributed by atoms with Crippen molar-refractivity contribution in [3.8, 4) is 11.5 Å². The summed E-state index contributed by atoms with van der Waals surface area (Å²) in [6.07, 6.45) is 3.10. The summed E-state index contributed by atoms with van der Waals surface area (Å²) in [7, 11) is 1.67. The topological polar surface area (TPSA) is 35.5 Å². The highest BCUT2D eigenvalue weighted by Gasteiger charge is 2.32. The van der Waals surface area contributed by atoms with Gasteiger partial charge in [0.25, 0.3) is 0 Å². The third-order valence-electron chi connectivity index (χ3n) is 3.31. The highest BCUT2D eigenvalue weighted by molar-refractivity contribution is 5.54. The van der Waals surface area contributed by atoms with Gasteiger partial charge in [0.05, 0.1) is 7.11 Å². The lowest BCUT2D eigenvalue weighted by atomic mass is 9.89. The van der Waals surface area contributed by atoms with Gasteiger partial charge in [0, 0.05) is 12.0 Å². The van der Waals surface area contributed by atoms with Crippen LogP contribution in [0.5, 0.6) is 11.5 Å². The second kappa shape index (κ2) is 4.40. The van der Waals surface area contributed by atoms with Crippen molar-refractivity contribution in [3.05, 3.63) is 23.3 Å². The predicted molar refractivity (Wildman–Crippen MR) is 65.8 cm³/mol. The Hall–Kier alpha value is -1.51. The first kappa shape index (κ1) is 12.0. The van der Waals surface area contributed by atoms with E-state index in [1.54, 1.807) is 7.11 Å². The molecule has 0 saturated heterocycles. The van der Waals surface area contributed by atoms with Crippen molar-refractivity contribution < 1.29 is 14.3 Å². The Bertz CT molecular complexity index is 439. The second-order valence-corrected chi connectivity index (χ2v) is 4.87. The normalized spacial score (nSPS) is 22.5. The maximum absolute atomic E-state index is 10.7. The molecule has 3 nitrogen and oxygen atoms in total. The van der Waals surface area contributed by atoms with E-state index in [2.05, 4.69) is 0 Å². The van der Waals surface area contributed by atoms with Crippen LogP contribution in [0.2, 0.25) is 0 Å². The van der Waals surface area contributed by atoms with Gasteiger partial charge in [0.1, 0.15) is 23.4 Å². The van der Waals surface area contributed by atoms with Gasteiger partial charge in [-0.05, 0) is 44.4 Å². The summed E-state index contributed by atoms with van der Waals surface area (Å²) in [5, 5.41) is 0. The molecule has 0 spiro atoms. The summed E-state index contributed by atoms with van der Waals surface area (Å²) in [4.78, 5) is 10.7. The predicted octanol–water partition coefficient (Wildman–Crippen LogP) is 2.68. The average molecular weight is 234 g/mol. The third-order valence-corrected chi connectivity index (χ3v) is 3.31. The zero-order valence-electron chi connectivity index (χ0n) is 10.6. The van der Waals surface area contributed by atoms with Crippen LogP contribution < -0.4 is 9.47 Å². The highest BCUT2D eigenvalue weighted by Crippen LogP contribution is 2.40. The molecule has 1 aliphatic heterocycles. The van der Waals surface area contributed by atoms with E-state index in [1.807, 2.05) is 26.0 Å². The molecular formula is C14H18O3. The van der Waals surface area contributed by atoms with E-state index in [0.717, 1.165) is 41.8 Å². The molecule has 1 heterocycles. The number of hydrogen-bond acceptors (Lipinski definition) is 3. The van der Waals surface area contributed by atoms with Crippen LogP contribution in [0.1, 0.15) is 30.9 Å². The third kappa shape index (κ3) is 2.28. The van der Waals surface area contributed by atoms with Gasteiger partial charge in [0.15, 0.2) is 0 Å². The Morgan fingerprint density at radius 1 is 1.53 bits per heavy atom. The smallest absolute Gasteiger partial charge is 0.127 e. The fourth-order valence-electron chi connectivity index (χ4n) is 2.30. The van der Waals surface area contributed by atoms with E-state index in [1.165, 1.54) is 0 Å². The molecule has 0 saturated carbocycles. The van der Waals surface area contributed by atoms with Crippen LogP contribution in [0, 0.1) is 6.92 Å². The zero-order valence-corrected chi connectivity index (χ0v) is 10.6. The van der Waals surface area contributed by atoms with Crippen LogP contribution >= 0.6 is 0 Å². The first-order valence-electron chi connectivity index (χ1n) is 5.88. The summed E-state index contributed by atoms with van der Waals surface area (Å²) in [5.74, 6) is 1.74. The van der Waals surface area contributed by atoms with Crippen molar-refractivity contribution in [2.75, 3.05) is 7.11 Å². The van der Waals surface area contributed by atoms with Crippen molar-refractivity contribution in [2.24, 2.45) is 0 Å². The molecule has 0 aliphatic carbocycles. The Morgan fingerprint density at radius 2 is 2.29 bits per heavy atom. The van der Waals surface area contributed by atoms with E-state index in [0.29, 0.717) is 6.42 Å². The summed E-state index contributed by atoms with van der Waals surface area (Å²) >= 11 is 0. The molecular weight excluding hydrogens is 216 g/mol. The number of ether oxygens (including phenoxy) is 2. The van der Waals surface area contributed by atoms with Gasteiger partial charge in [0.2, 0.25) is 0 Å². The molecule has 0 unspecified atom stereocenters. The van der Waals surface area contributed by atoms with Crippen LogP contribution in [0.3, 0.4) is 0 Å². The Labute approximate surface area is 102 Å². The average Bonchev–Trinajstić information content (AvgIpc) is 2.27. The van der Waals surface area contributed by atoms with Gasteiger partial charge in [-0.25, -0.2) is 0 Å². The molecule has 1 atom stereocenters. The molecule has 1 aliphatic rings. The SMILES string of the molecule is COc1cc(C)cc2c1CC[C@](C)(CC=O)O2. The minimum atomic E-state index is -0.368. The molecule has 0 N–H and O–H groups in total. The molecule has 1 aromatic carbocycles. The van der Waals surface area contributed by atoms with Gasteiger partial charge in [-0.15, -0.1) is 0 Å². The lowest BCUT2D eigenvalue weighted by Gasteiger charge is -2.35. The highest BCUT2D eigenvalue weighted by atomic mass is 16.5. The fraction of sp³-hybridized carbons (Fsp3) is 0.500. The Morgan fingerprint density at radius 3 is 2.94 bits per heavy atom. The summed E-state index contributed by atoms with van der Waals surface area (Å²) in [6.45, 7) is 4.00. The van der Waals surface area contributed by atoms with Crippen LogP contribution in [-0.4, -0.2) is 19.0 Å². The van der Waals surface area contributed by atoms with Gasteiger partial charge in [-0.1, -0.05) is 0 Å². The van der Waals surface area contributed by atoms with Crippen molar-refractivity contribution in [3.63, 3.8) is 0 Å². The van der Waals surface area contributed by atoms with E-state index in [-0.39, 0.29) is 5.60 Å². The molecule has 92 valence electrons. The largest absolute Gasteiger partial charge is 0.496 e. The Balaban J connectivity index is 2.38. The van der Waals surface area contributed by atoms with E-state index in [4.69, 9.17) is 9.47 Å². The summed E-state index contributed by atoms with van der Waals surface area (Å²) < 4.78 is 11.3. The molecule has 0 amide bonds. The quantitative estimate of drug-likeness (QED) is 0.754. The van der Waals surface area contributed by atoms with Crippen LogP contribution in [0.4, 0.5) is 0 Å². The van der Waals surface area contributed by atoms with Crippen molar-refractivity contribution in [2.45, 2.75) is 38.7 Å². The number of rotatable bonds is 3. The van der Waals surface area contributed by atoms with E-state index >= 15 is 0 Å². The molecule has 0 radical (unpaired) electrons. The maximum atomic E-state index is 10.7. The molecule has 0 aromatic heterocycles.